The number of anilines is 1. The van der Waals surface area contributed by atoms with Gasteiger partial charge in [0.2, 0.25) is 11.8 Å². The van der Waals surface area contributed by atoms with Gasteiger partial charge in [-0.2, -0.15) is 0 Å². The average Bonchev–Trinajstić information content (AvgIpc) is 3.47. The summed E-state index contributed by atoms with van der Waals surface area (Å²) in [4.78, 5) is 49.4. The lowest BCUT2D eigenvalue weighted by Gasteiger charge is -2.36. The molecule has 0 saturated carbocycles. The van der Waals surface area contributed by atoms with Crippen molar-refractivity contribution in [2.45, 2.75) is 39.8 Å². The molecule has 2 heterocycles. The number of amides is 3. The zero-order valence-corrected chi connectivity index (χ0v) is 26.8. The van der Waals surface area contributed by atoms with Gasteiger partial charge in [0.05, 0.1) is 26.3 Å². The number of para-hydroxylation sites is 2. The second-order valence-electron chi connectivity index (χ2n) is 11.4. The number of fused-ring (bicyclic) bond motifs is 1. The first-order valence-corrected chi connectivity index (χ1v) is 15.9. The highest BCUT2D eigenvalue weighted by Gasteiger charge is 2.31. The number of carbonyl (C=O) groups is 3. The van der Waals surface area contributed by atoms with Gasteiger partial charge >= 0.3 is 0 Å². The molecule has 1 aliphatic heterocycles. The second kappa shape index (κ2) is 15.4. The van der Waals surface area contributed by atoms with Crippen molar-refractivity contribution in [2.75, 3.05) is 50.8 Å². The van der Waals surface area contributed by atoms with E-state index in [9.17, 15) is 14.4 Å². The van der Waals surface area contributed by atoms with Crippen molar-refractivity contribution in [1.29, 1.82) is 0 Å². The largest absolute Gasteiger partial charge is 0.490 e. The summed E-state index contributed by atoms with van der Waals surface area (Å²) in [5, 5.41) is 3.96. The molecular formula is C36H43N5O5. The lowest BCUT2D eigenvalue weighted by atomic mass is 10.0. The monoisotopic (exact) mass is 625 g/mol. The van der Waals surface area contributed by atoms with Crippen molar-refractivity contribution in [1.82, 2.24) is 20.1 Å². The standard InChI is InChI=1S/C36H43N5O5/c1-4-45-33-16-15-27(21-34(33)46-5-2)24-41(26(3)42)36(44)32(22-28-23-37-31-14-10-9-13-30(28)31)38-35(43)25-39-17-19-40(20-18-39)29-11-7-6-8-12-29/h6-16,21,23,32,37H,4-5,17-20,22,24-25H2,1-3H3,(H,38,43). The van der Waals surface area contributed by atoms with Crippen LogP contribution in [0, 0.1) is 0 Å². The van der Waals surface area contributed by atoms with Crippen LogP contribution in [0.4, 0.5) is 5.69 Å². The van der Waals surface area contributed by atoms with Crippen LogP contribution >= 0.6 is 0 Å². The molecule has 46 heavy (non-hydrogen) atoms. The number of piperazine rings is 1. The molecule has 1 aromatic heterocycles. The van der Waals surface area contributed by atoms with Gasteiger partial charge in [-0.1, -0.05) is 42.5 Å². The summed E-state index contributed by atoms with van der Waals surface area (Å²) in [5.41, 5.74) is 3.70. The highest BCUT2D eigenvalue weighted by atomic mass is 16.5. The average molecular weight is 626 g/mol. The molecule has 0 radical (unpaired) electrons. The van der Waals surface area contributed by atoms with Crippen LogP contribution in [0.2, 0.25) is 0 Å². The molecule has 0 bridgehead atoms. The molecule has 5 rings (SSSR count). The van der Waals surface area contributed by atoms with E-state index in [1.54, 1.807) is 12.1 Å². The number of hydrogen-bond donors (Lipinski definition) is 2. The number of carbonyl (C=O) groups excluding carboxylic acids is 3. The number of nitrogens with one attached hydrogen (secondary N) is 2. The van der Waals surface area contributed by atoms with Crippen molar-refractivity contribution in [3.05, 3.63) is 90.1 Å². The number of aromatic nitrogens is 1. The first-order chi connectivity index (χ1) is 22.4. The number of hydrogen-bond acceptors (Lipinski definition) is 7. The summed E-state index contributed by atoms with van der Waals surface area (Å²) < 4.78 is 11.4. The van der Waals surface area contributed by atoms with Crippen molar-refractivity contribution < 1.29 is 23.9 Å². The van der Waals surface area contributed by atoms with E-state index in [0.717, 1.165) is 42.6 Å². The Morgan fingerprint density at radius 3 is 2.30 bits per heavy atom. The SMILES string of the molecule is CCOc1ccc(CN(C(C)=O)C(=O)C(Cc2c[nH]c3ccccc23)NC(=O)CN2CCN(c3ccccc3)CC2)cc1OCC. The minimum absolute atomic E-state index is 0.0301. The Morgan fingerprint density at radius 1 is 0.891 bits per heavy atom. The number of aromatic amines is 1. The number of imide groups is 1. The van der Waals surface area contributed by atoms with Crippen LogP contribution in [0.25, 0.3) is 10.9 Å². The van der Waals surface area contributed by atoms with E-state index in [2.05, 4.69) is 32.2 Å². The summed E-state index contributed by atoms with van der Waals surface area (Å²) in [5.74, 6) is 0.0187. The first-order valence-electron chi connectivity index (χ1n) is 15.9. The maximum atomic E-state index is 14.2. The number of benzene rings is 3. The van der Waals surface area contributed by atoms with E-state index in [1.165, 1.54) is 17.5 Å². The molecule has 1 atom stereocenters. The minimum Gasteiger partial charge on any atom is -0.490 e. The maximum Gasteiger partial charge on any atom is 0.252 e. The molecule has 10 nitrogen and oxygen atoms in total. The van der Waals surface area contributed by atoms with Gasteiger partial charge in [0, 0.05) is 62.3 Å². The van der Waals surface area contributed by atoms with E-state index in [-0.39, 0.29) is 25.4 Å². The first kappa shape index (κ1) is 32.6. The molecule has 1 fully saturated rings. The van der Waals surface area contributed by atoms with E-state index in [1.807, 2.05) is 68.6 Å². The molecule has 1 saturated heterocycles. The molecular weight excluding hydrogens is 582 g/mol. The highest BCUT2D eigenvalue weighted by Crippen LogP contribution is 2.29. The van der Waals surface area contributed by atoms with E-state index in [4.69, 9.17) is 9.47 Å². The fraction of sp³-hybridized carbons (Fsp3) is 0.361. The van der Waals surface area contributed by atoms with Gasteiger partial charge in [0.1, 0.15) is 6.04 Å². The van der Waals surface area contributed by atoms with Crippen LogP contribution in [0.15, 0.2) is 79.0 Å². The normalized spacial score (nSPS) is 14.1. The smallest absolute Gasteiger partial charge is 0.252 e. The summed E-state index contributed by atoms with van der Waals surface area (Å²) in [6.45, 7) is 9.32. The fourth-order valence-electron chi connectivity index (χ4n) is 5.88. The Labute approximate surface area is 270 Å². The second-order valence-corrected chi connectivity index (χ2v) is 11.4. The van der Waals surface area contributed by atoms with Gasteiger partial charge in [0.15, 0.2) is 11.5 Å². The number of H-pyrrole nitrogens is 1. The van der Waals surface area contributed by atoms with Gasteiger partial charge in [0.25, 0.3) is 5.91 Å². The molecule has 1 aliphatic rings. The highest BCUT2D eigenvalue weighted by molar-refractivity contribution is 5.99. The van der Waals surface area contributed by atoms with Gasteiger partial charge in [-0.25, -0.2) is 0 Å². The van der Waals surface area contributed by atoms with Crippen LogP contribution in [0.3, 0.4) is 0 Å². The third-order valence-electron chi connectivity index (χ3n) is 8.19. The summed E-state index contributed by atoms with van der Waals surface area (Å²) >= 11 is 0. The van der Waals surface area contributed by atoms with Crippen LogP contribution in [-0.4, -0.2) is 84.5 Å². The lowest BCUT2D eigenvalue weighted by molar-refractivity contribution is -0.147. The number of ether oxygens (including phenoxy) is 2. The Kier molecular flexibility index (Phi) is 10.9. The van der Waals surface area contributed by atoms with Crippen molar-refractivity contribution in [2.24, 2.45) is 0 Å². The van der Waals surface area contributed by atoms with Crippen LogP contribution in [0.1, 0.15) is 31.9 Å². The van der Waals surface area contributed by atoms with E-state index in [0.29, 0.717) is 30.3 Å². The van der Waals surface area contributed by atoms with Crippen LogP contribution in [-0.2, 0) is 27.3 Å². The fourth-order valence-corrected chi connectivity index (χ4v) is 5.88. The molecule has 242 valence electrons. The molecule has 10 heteroatoms. The number of nitrogens with zero attached hydrogens (tertiary/aromatic N) is 3. The molecule has 0 spiro atoms. The van der Waals surface area contributed by atoms with Crippen molar-refractivity contribution >= 4 is 34.3 Å². The van der Waals surface area contributed by atoms with Crippen LogP contribution < -0.4 is 19.7 Å². The molecule has 1 unspecified atom stereocenters. The predicted octanol–water partition coefficient (Wildman–Crippen LogP) is 4.39. The Hall–Kier alpha value is -4.83. The topological polar surface area (TPSA) is 107 Å². The third-order valence-corrected chi connectivity index (χ3v) is 8.19. The zero-order valence-electron chi connectivity index (χ0n) is 26.8. The molecule has 0 aliphatic carbocycles. The Balaban J connectivity index is 1.32. The third kappa shape index (κ3) is 8.06. The lowest BCUT2D eigenvalue weighted by Crippen LogP contribution is -2.54. The molecule has 3 amide bonds. The number of rotatable bonds is 13. The quantitative estimate of drug-likeness (QED) is 0.227. The van der Waals surface area contributed by atoms with Gasteiger partial charge in [-0.05, 0) is 55.3 Å². The maximum absolute atomic E-state index is 14.2. The van der Waals surface area contributed by atoms with Crippen molar-refractivity contribution in [3.63, 3.8) is 0 Å². The van der Waals surface area contributed by atoms with Crippen molar-refractivity contribution in [3.8, 4) is 11.5 Å². The Bertz CT molecular complexity index is 1630. The summed E-state index contributed by atoms with van der Waals surface area (Å²) in [6.07, 6.45) is 2.09. The Morgan fingerprint density at radius 2 is 1.59 bits per heavy atom. The van der Waals surface area contributed by atoms with E-state index >= 15 is 0 Å². The summed E-state index contributed by atoms with van der Waals surface area (Å²) in [6, 6.07) is 22.5. The van der Waals surface area contributed by atoms with Gasteiger partial charge in [-0.3, -0.25) is 24.2 Å². The minimum atomic E-state index is -0.949. The van der Waals surface area contributed by atoms with E-state index < -0.39 is 17.9 Å². The van der Waals surface area contributed by atoms with Gasteiger partial charge < -0.3 is 24.7 Å². The molecule has 3 aromatic carbocycles. The molecule has 2 N–H and O–H groups in total. The van der Waals surface area contributed by atoms with Gasteiger partial charge in [-0.15, -0.1) is 0 Å². The zero-order chi connectivity index (χ0) is 32.5. The van der Waals surface area contributed by atoms with Crippen LogP contribution in [0.5, 0.6) is 11.5 Å². The predicted molar refractivity (Wildman–Crippen MR) is 179 cm³/mol. The molecule has 4 aromatic rings. The summed E-state index contributed by atoms with van der Waals surface area (Å²) in [7, 11) is 0.